The molecule has 7 rings (SSSR count). The second kappa shape index (κ2) is 5.00. The van der Waals surface area contributed by atoms with Crippen LogP contribution < -0.4 is 9.47 Å². The van der Waals surface area contributed by atoms with E-state index in [0.29, 0.717) is 6.04 Å². The average molecular weight is 381 g/mol. The normalized spacial score (nSPS) is 44.2. The molecule has 28 heavy (non-hydrogen) atoms. The summed E-state index contributed by atoms with van der Waals surface area (Å²) < 4.78 is 18.7. The van der Waals surface area contributed by atoms with Crippen molar-refractivity contribution in [1.82, 2.24) is 4.90 Å². The van der Waals surface area contributed by atoms with Gasteiger partial charge in [-0.2, -0.15) is 0 Å². The Bertz CT molecular complexity index is 941. The minimum Gasteiger partial charge on any atom is -0.493 e. The van der Waals surface area contributed by atoms with Gasteiger partial charge in [0, 0.05) is 24.1 Å². The van der Waals surface area contributed by atoms with E-state index in [4.69, 9.17) is 14.2 Å². The van der Waals surface area contributed by atoms with Crippen molar-refractivity contribution >= 4 is 5.78 Å². The Morgan fingerprint density at radius 1 is 1.29 bits per heavy atom. The first kappa shape index (κ1) is 17.0. The standard InChI is InChI=1S/C23H27NO4/c1-13(25)15-12-21-7-8-23(15,27-4)20-22(21)9-10-24(2)17(21)11-14-5-6-16(26-3)19(28-20)18(14)22/h5-8,15,17,20H,9-12H2,1-4H3/t15-,17?,20?,21-,22+,23-/m1/s1. The molecule has 0 radical (unpaired) electrons. The molecule has 2 heterocycles. The fraction of sp³-hybridized carbons (Fsp3) is 0.609. The van der Waals surface area contributed by atoms with E-state index in [0.717, 1.165) is 37.3 Å². The lowest BCUT2D eigenvalue weighted by Gasteiger charge is -2.70. The first-order valence-electron chi connectivity index (χ1n) is 10.3. The molecule has 1 aromatic rings. The van der Waals surface area contributed by atoms with Crippen LogP contribution in [0.4, 0.5) is 0 Å². The highest BCUT2D eigenvalue weighted by Crippen LogP contribution is 2.74. The van der Waals surface area contributed by atoms with Gasteiger partial charge < -0.3 is 19.1 Å². The lowest BCUT2D eigenvalue weighted by Crippen LogP contribution is -2.79. The number of Topliss-reactive ketones (excluding diaryl/α,β-unsaturated/α-hetero) is 1. The number of carbonyl (C=O) groups is 1. The Balaban J connectivity index is 1.72. The maximum absolute atomic E-state index is 12.8. The van der Waals surface area contributed by atoms with E-state index in [9.17, 15) is 4.79 Å². The number of fused-ring (bicyclic) bond motifs is 1. The lowest BCUT2D eigenvalue weighted by atomic mass is 9.37. The molecule has 0 amide bonds. The summed E-state index contributed by atoms with van der Waals surface area (Å²) in [5, 5.41) is 0. The highest BCUT2D eigenvalue weighted by molar-refractivity contribution is 5.82. The second-order valence-corrected chi connectivity index (χ2v) is 9.35. The van der Waals surface area contributed by atoms with Crippen molar-refractivity contribution in [2.75, 3.05) is 27.8 Å². The van der Waals surface area contributed by atoms with Crippen LogP contribution in [0.3, 0.4) is 0 Å². The number of benzene rings is 1. The van der Waals surface area contributed by atoms with E-state index < -0.39 is 5.60 Å². The summed E-state index contributed by atoms with van der Waals surface area (Å²) in [6.07, 6.45) is 7.19. The third-order valence-electron chi connectivity index (χ3n) is 8.77. The molecule has 4 aliphatic carbocycles. The number of likely N-dealkylation sites (N-methyl/N-ethyl adjacent to an activating group) is 1. The summed E-state index contributed by atoms with van der Waals surface area (Å²) >= 11 is 0. The third kappa shape index (κ3) is 1.49. The molecule has 2 aliphatic heterocycles. The predicted octanol–water partition coefficient (Wildman–Crippen LogP) is 2.50. The monoisotopic (exact) mass is 381 g/mol. The van der Waals surface area contributed by atoms with Crippen molar-refractivity contribution in [3.63, 3.8) is 0 Å². The first-order chi connectivity index (χ1) is 13.4. The van der Waals surface area contributed by atoms with Crippen LogP contribution in [-0.4, -0.2) is 56.2 Å². The molecule has 1 aromatic carbocycles. The summed E-state index contributed by atoms with van der Waals surface area (Å²) in [6, 6.07) is 4.62. The van der Waals surface area contributed by atoms with E-state index in [1.54, 1.807) is 21.1 Å². The van der Waals surface area contributed by atoms with Crippen molar-refractivity contribution in [1.29, 1.82) is 0 Å². The molecule has 0 aromatic heterocycles. The minimum absolute atomic E-state index is 0.105. The van der Waals surface area contributed by atoms with Crippen LogP contribution in [0.1, 0.15) is 30.9 Å². The molecule has 2 spiro atoms. The maximum Gasteiger partial charge on any atom is 0.166 e. The van der Waals surface area contributed by atoms with E-state index >= 15 is 0 Å². The van der Waals surface area contributed by atoms with Crippen LogP contribution in [0.15, 0.2) is 24.3 Å². The molecule has 1 saturated heterocycles. The van der Waals surface area contributed by atoms with Crippen LogP contribution in [0.2, 0.25) is 0 Å². The Hall–Kier alpha value is -1.85. The van der Waals surface area contributed by atoms with E-state index in [1.807, 2.05) is 6.07 Å². The van der Waals surface area contributed by atoms with Gasteiger partial charge in [0.1, 0.15) is 17.5 Å². The SMILES string of the molecule is COc1ccc2c3c1OC1[C@@]4(OC)C=C[C@@]5(C[C@@H]4C(C)=O)C(C2)N(C)CC[C@]315. The Kier molecular flexibility index (Phi) is 3.05. The minimum atomic E-state index is -0.716. The average Bonchev–Trinajstić information content (AvgIpc) is 3.07. The molecule has 6 atom stereocenters. The second-order valence-electron chi connectivity index (χ2n) is 9.35. The number of ether oxygens (including phenoxy) is 3. The number of hydrogen-bond donors (Lipinski definition) is 0. The Labute approximate surface area is 165 Å². The first-order valence-corrected chi connectivity index (χ1v) is 10.3. The van der Waals surface area contributed by atoms with Crippen molar-refractivity contribution in [2.24, 2.45) is 11.3 Å². The van der Waals surface area contributed by atoms with Crippen molar-refractivity contribution < 1.29 is 19.0 Å². The molecule has 5 nitrogen and oxygen atoms in total. The molecule has 2 unspecified atom stereocenters. The number of rotatable bonds is 3. The Morgan fingerprint density at radius 3 is 2.82 bits per heavy atom. The fourth-order valence-corrected chi connectivity index (χ4v) is 7.67. The smallest absolute Gasteiger partial charge is 0.166 e. The van der Waals surface area contributed by atoms with Gasteiger partial charge in [-0.3, -0.25) is 4.79 Å². The number of likely N-dealkylation sites (tertiary alicyclic amines) is 1. The van der Waals surface area contributed by atoms with Gasteiger partial charge >= 0.3 is 0 Å². The third-order valence-corrected chi connectivity index (χ3v) is 8.77. The zero-order valence-corrected chi connectivity index (χ0v) is 17.0. The summed E-state index contributed by atoms with van der Waals surface area (Å²) in [7, 11) is 5.67. The van der Waals surface area contributed by atoms with Gasteiger partial charge in [-0.1, -0.05) is 18.2 Å². The van der Waals surface area contributed by atoms with Crippen LogP contribution >= 0.6 is 0 Å². The van der Waals surface area contributed by atoms with Crippen LogP contribution in [0, 0.1) is 11.3 Å². The van der Waals surface area contributed by atoms with Gasteiger partial charge in [0.2, 0.25) is 0 Å². The van der Waals surface area contributed by atoms with Crippen LogP contribution in [0.25, 0.3) is 0 Å². The van der Waals surface area contributed by atoms with Gasteiger partial charge in [0.25, 0.3) is 0 Å². The van der Waals surface area contributed by atoms with Crippen molar-refractivity contribution in [2.45, 2.75) is 49.3 Å². The van der Waals surface area contributed by atoms with Gasteiger partial charge in [-0.25, -0.2) is 0 Å². The lowest BCUT2D eigenvalue weighted by molar-refractivity contribution is -0.212. The molecule has 6 aliphatic rings. The Morgan fingerprint density at radius 2 is 2.11 bits per heavy atom. The number of nitrogens with zero attached hydrogens (tertiary/aromatic N) is 1. The van der Waals surface area contributed by atoms with Crippen molar-refractivity contribution in [3.05, 3.63) is 35.4 Å². The molecular weight excluding hydrogens is 354 g/mol. The van der Waals surface area contributed by atoms with Crippen LogP contribution in [0.5, 0.6) is 11.5 Å². The quantitative estimate of drug-likeness (QED) is 0.753. The fourth-order valence-electron chi connectivity index (χ4n) is 7.67. The summed E-state index contributed by atoms with van der Waals surface area (Å²) in [5.74, 6) is 1.68. The summed E-state index contributed by atoms with van der Waals surface area (Å²) in [5.41, 5.74) is 1.72. The van der Waals surface area contributed by atoms with E-state index in [-0.39, 0.29) is 28.6 Å². The van der Waals surface area contributed by atoms with E-state index in [2.05, 4.69) is 30.2 Å². The molecule has 4 bridgehead atoms. The molecule has 2 fully saturated rings. The summed E-state index contributed by atoms with van der Waals surface area (Å²) in [4.78, 5) is 15.3. The molecule has 5 heteroatoms. The van der Waals surface area contributed by atoms with Gasteiger partial charge in [-0.05, 0) is 51.4 Å². The van der Waals surface area contributed by atoms with Crippen LogP contribution in [-0.2, 0) is 21.4 Å². The van der Waals surface area contributed by atoms with Gasteiger partial charge in [0.15, 0.2) is 11.5 Å². The molecule has 148 valence electrons. The number of ketones is 1. The molecule has 1 saturated carbocycles. The highest BCUT2D eigenvalue weighted by atomic mass is 16.6. The highest BCUT2D eigenvalue weighted by Gasteiger charge is 2.79. The number of hydrogen-bond acceptors (Lipinski definition) is 5. The largest absolute Gasteiger partial charge is 0.493 e. The predicted molar refractivity (Wildman–Crippen MR) is 104 cm³/mol. The van der Waals surface area contributed by atoms with E-state index in [1.165, 1.54) is 11.1 Å². The van der Waals surface area contributed by atoms with Gasteiger partial charge in [0.05, 0.1) is 18.4 Å². The number of methoxy groups -OCH3 is 2. The topological polar surface area (TPSA) is 48.0 Å². The van der Waals surface area contributed by atoms with Crippen molar-refractivity contribution in [3.8, 4) is 11.5 Å². The number of carbonyl (C=O) groups excluding carboxylic acids is 1. The molecular formula is C23H27NO4. The summed E-state index contributed by atoms with van der Waals surface area (Å²) in [6.45, 7) is 2.74. The maximum atomic E-state index is 12.8. The zero-order chi connectivity index (χ0) is 19.5. The van der Waals surface area contributed by atoms with Gasteiger partial charge in [-0.15, -0.1) is 0 Å². The number of piperidine rings is 1. The molecule has 0 N–H and O–H groups in total. The zero-order valence-electron chi connectivity index (χ0n) is 17.0.